The number of aliphatic hydroxyl groups excluding tert-OH is 1. The number of carbonyl (C=O) groups excluding carboxylic acids is 1. The van der Waals surface area contributed by atoms with Gasteiger partial charge >= 0.3 is 13.7 Å². The first-order valence-electron chi connectivity index (χ1n) is 12.2. The van der Waals surface area contributed by atoms with Crippen LogP contribution in [0.25, 0.3) is 11.2 Å². The molecule has 2 bridgehead atoms. The number of nitrogens with one attached hydrogen (secondary N) is 2. The number of hydrogen-bond acceptors (Lipinski definition) is 12. The molecule has 210 valence electrons. The summed E-state index contributed by atoms with van der Waals surface area (Å²) >= 11 is 0. The number of H-pyrrole nitrogens is 1. The number of ether oxygens (including phenoxy) is 3. The molecule has 5 N–H and O–H groups in total. The van der Waals surface area contributed by atoms with Crippen molar-refractivity contribution in [3.8, 4) is 5.75 Å². The monoisotopic (exact) mass is 564 g/mol. The largest absolute Gasteiger partial charge is 0.462 e. The van der Waals surface area contributed by atoms with Crippen LogP contribution >= 0.6 is 7.75 Å². The molecular weight excluding hydrogens is 535 g/mol. The molecule has 4 heterocycles. The van der Waals surface area contributed by atoms with E-state index in [4.69, 9.17) is 29.0 Å². The van der Waals surface area contributed by atoms with Crippen LogP contribution in [0, 0.1) is 0 Å². The predicted molar refractivity (Wildman–Crippen MR) is 136 cm³/mol. The van der Waals surface area contributed by atoms with Crippen molar-refractivity contribution in [1.29, 1.82) is 0 Å². The van der Waals surface area contributed by atoms with E-state index < -0.39 is 56.0 Å². The lowest BCUT2D eigenvalue weighted by molar-refractivity contribution is -0.183. The zero-order chi connectivity index (χ0) is 27.9. The van der Waals surface area contributed by atoms with Crippen LogP contribution in [-0.2, 0) is 28.1 Å². The van der Waals surface area contributed by atoms with Gasteiger partial charge in [0, 0.05) is 0 Å². The first kappa shape index (κ1) is 27.2. The molecule has 2 fully saturated rings. The maximum absolute atomic E-state index is 13.9. The highest BCUT2D eigenvalue weighted by molar-refractivity contribution is 7.52. The Balaban J connectivity index is 1.38. The summed E-state index contributed by atoms with van der Waals surface area (Å²) in [5.74, 6) is -0.550. The normalized spacial score (nSPS) is 26.5. The number of fused-ring (bicyclic) bond motifs is 3. The van der Waals surface area contributed by atoms with Gasteiger partial charge in [-0.25, -0.2) is 9.55 Å². The summed E-state index contributed by atoms with van der Waals surface area (Å²) in [5.41, 5.74) is 3.87. The van der Waals surface area contributed by atoms with Gasteiger partial charge in [-0.3, -0.25) is 23.7 Å². The first-order chi connectivity index (χ1) is 18.5. The highest BCUT2D eigenvalue weighted by Gasteiger charge is 2.63. The van der Waals surface area contributed by atoms with Gasteiger partial charge in [-0.15, -0.1) is 0 Å². The number of nitrogen functional groups attached to an aromatic ring is 1. The zero-order valence-corrected chi connectivity index (χ0v) is 22.2. The molecule has 0 aliphatic carbocycles. The summed E-state index contributed by atoms with van der Waals surface area (Å²) in [5, 5.41) is 13.7. The average molecular weight is 564 g/mol. The second-order valence-corrected chi connectivity index (χ2v) is 11.3. The number of rotatable bonds is 10. The van der Waals surface area contributed by atoms with Crippen LogP contribution in [0.1, 0.15) is 27.0 Å². The Hall–Kier alpha value is -3.33. The Labute approximate surface area is 222 Å². The number of anilines is 1. The number of nitrogens with two attached hydrogens (primary N) is 1. The second kappa shape index (κ2) is 10.3. The molecular formula is C23H29N6O9P. The molecule has 0 saturated carbocycles. The molecule has 2 aliphatic heterocycles. The third kappa shape index (κ3) is 5.29. The summed E-state index contributed by atoms with van der Waals surface area (Å²) in [7, 11) is -4.23. The van der Waals surface area contributed by atoms with Crippen LogP contribution in [0.15, 0.2) is 41.5 Å². The summed E-state index contributed by atoms with van der Waals surface area (Å²) in [6.45, 7) is 4.32. The highest BCUT2D eigenvalue weighted by atomic mass is 31.2. The SMILES string of the molecule is CC(C)OC(=O)[C@@H](C)N[P@@](=O)(OC[C@@]12CO[C@@H]([C@H](n3cnc4c(=O)[nH]c(N)nc43)O1)[C@@H]2O)Oc1ccccc1. The molecule has 0 spiro atoms. The number of hydrogen-bond donors (Lipinski definition) is 4. The number of nitrogens with zero attached hydrogens (tertiary/aromatic N) is 3. The van der Waals surface area contributed by atoms with E-state index >= 15 is 0 Å². The lowest BCUT2D eigenvalue weighted by Gasteiger charge is -2.32. The van der Waals surface area contributed by atoms with Gasteiger partial charge in [-0.2, -0.15) is 10.1 Å². The Morgan fingerprint density at radius 2 is 2.10 bits per heavy atom. The molecule has 0 unspecified atom stereocenters. The molecule has 16 heteroatoms. The van der Waals surface area contributed by atoms with Crippen molar-refractivity contribution in [3.63, 3.8) is 0 Å². The van der Waals surface area contributed by atoms with E-state index in [-0.39, 0.29) is 35.6 Å². The van der Waals surface area contributed by atoms with E-state index in [9.17, 15) is 19.3 Å². The fourth-order valence-electron chi connectivity index (χ4n) is 4.40. The van der Waals surface area contributed by atoms with E-state index in [0.717, 1.165) is 0 Å². The van der Waals surface area contributed by atoms with Gasteiger partial charge in [0.2, 0.25) is 5.95 Å². The second-order valence-electron chi connectivity index (χ2n) is 9.58. The van der Waals surface area contributed by atoms with Crippen molar-refractivity contribution < 1.29 is 37.7 Å². The van der Waals surface area contributed by atoms with Crippen molar-refractivity contribution in [1.82, 2.24) is 24.6 Å². The molecule has 1 aromatic carbocycles. The summed E-state index contributed by atoms with van der Waals surface area (Å²) < 4.78 is 43.9. The lowest BCUT2D eigenvalue weighted by Crippen LogP contribution is -2.46. The van der Waals surface area contributed by atoms with E-state index in [0.29, 0.717) is 0 Å². The number of carbonyl (C=O) groups is 1. The predicted octanol–water partition coefficient (Wildman–Crippen LogP) is 0.863. The van der Waals surface area contributed by atoms with Gasteiger partial charge < -0.3 is 29.6 Å². The van der Waals surface area contributed by atoms with Gasteiger partial charge in [-0.05, 0) is 32.9 Å². The number of para-hydroxylation sites is 1. The molecule has 0 radical (unpaired) electrons. The maximum atomic E-state index is 13.9. The maximum Gasteiger partial charge on any atom is 0.459 e. The van der Waals surface area contributed by atoms with E-state index in [2.05, 4.69) is 20.0 Å². The molecule has 6 atom stereocenters. The third-order valence-corrected chi connectivity index (χ3v) is 7.86. The van der Waals surface area contributed by atoms with Crippen molar-refractivity contribution in [3.05, 3.63) is 47.0 Å². The Kier molecular flexibility index (Phi) is 7.22. The molecule has 2 aromatic heterocycles. The number of aliphatic hydroxyl groups is 1. The zero-order valence-electron chi connectivity index (χ0n) is 21.3. The first-order valence-corrected chi connectivity index (χ1v) is 13.7. The van der Waals surface area contributed by atoms with Crippen LogP contribution in [0.3, 0.4) is 0 Å². The fourth-order valence-corrected chi connectivity index (χ4v) is 5.94. The molecule has 2 saturated heterocycles. The van der Waals surface area contributed by atoms with Crippen molar-refractivity contribution in [2.45, 2.75) is 57.0 Å². The summed E-state index contributed by atoms with van der Waals surface area (Å²) in [6, 6.07) is 7.20. The molecule has 15 nitrogen and oxygen atoms in total. The Morgan fingerprint density at radius 3 is 2.82 bits per heavy atom. The van der Waals surface area contributed by atoms with Crippen molar-refractivity contribution in [2.75, 3.05) is 18.9 Å². The molecule has 5 rings (SSSR count). The minimum atomic E-state index is -4.23. The number of benzene rings is 1. The Morgan fingerprint density at radius 1 is 1.36 bits per heavy atom. The third-order valence-electron chi connectivity index (χ3n) is 6.24. The van der Waals surface area contributed by atoms with Gasteiger partial charge in [0.25, 0.3) is 5.56 Å². The molecule has 3 aromatic rings. The lowest BCUT2D eigenvalue weighted by atomic mass is 10.0. The highest BCUT2D eigenvalue weighted by Crippen LogP contribution is 2.50. The number of aromatic amines is 1. The molecule has 39 heavy (non-hydrogen) atoms. The summed E-state index contributed by atoms with van der Waals surface area (Å²) in [6.07, 6.45) is -2.10. The molecule has 2 aliphatic rings. The number of imidazole rings is 1. The van der Waals surface area contributed by atoms with Crippen LogP contribution in [0.4, 0.5) is 5.95 Å². The quantitative estimate of drug-likeness (QED) is 0.200. The van der Waals surface area contributed by atoms with Crippen LogP contribution in [0.2, 0.25) is 0 Å². The average Bonchev–Trinajstić information content (AvgIpc) is 3.52. The minimum absolute atomic E-state index is 0.0302. The van der Waals surface area contributed by atoms with Gasteiger partial charge in [-0.1, -0.05) is 18.2 Å². The topological polar surface area (TPSA) is 202 Å². The summed E-state index contributed by atoms with van der Waals surface area (Å²) in [4.78, 5) is 35.2. The van der Waals surface area contributed by atoms with E-state index in [1.807, 2.05) is 0 Å². The van der Waals surface area contributed by atoms with E-state index in [1.54, 1.807) is 44.2 Å². The van der Waals surface area contributed by atoms with Crippen molar-refractivity contribution in [2.24, 2.45) is 0 Å². The van der Waals surface area contributed by atoms with Gasteiger partial charge in [0.15, 0.2) is 17.4 Å². The number of aromatic nitrogens is 4. The smallest absolute Gasteiger partial charge is 0.459 e. The minimum Gasteiger partial charge on any atom is -0.462 e. The van der Waals surface area contributed by atoms with Crippen LogP contribution in [0.5, 0.6) is 5.75 Å². The fraction of sp³-hybridized carbons (Fsp3) is 0.478. The van der Waals surface area contributed by atoms with Gasteiger partial charge in [0.1, 0.15) is 29.6 Å². The number of esters is 1. The van der Waals surface area contributed by atoms with E-state index in [1.165, 1.54) is 17.8 Å². The van der Waals surface area contributed by atoms with Crippen molar-refractivity contribution >= 4 is 30.8 Å². The van der Waals surface area contributed by atoms with Gasteiger partial charge in [0.05, 0.1) is 25.6 Å². The van der Waals surface area contributed by atoms with Crippen LogP contribution < -0.4 is 20.9 Å². The Bertz CT molecular complexity index is 1460. The van der Waals surface area contributed by atoms with Crippen LogP contribution in [-0.4, -0.2) is 73.8 Å². The molecule has 0 amide bonds. The standard InChI is InChI=1S/C23H29N6O9P/c1-12(2)36-21(32)13(3)28-39(33,38-14-7-5-4-6-8-14)35-10-23-9-34-16(17(23)30)20(37-23)29-11-25-15-18(29)26-22(24)27-19(15)31/h4-8,11-13,16-17,20,30H,9-10H2,1-3H3,(H,28,33)(H3,24,26,27,31)/t13-,16-,17+,20-,23-,39-/m1/s1.